The van der Waals surface area contributed by atoms with Crippen molar-refractivity contribution in [2.75, 3.05) is 5.75 Å². The van der Waals surface area contributed by atoms with Crippen molar-refractivity contribution in [2.45, 2.75) is 5.03 Å². The lowest BCUT2D eigenvalue weighted by molar-refractivity contribution is 1.12. The summed E-state index contributed by atoms with van der Waals surface area (Å²) in [7, 11) is 0. The van der Waals surface area contributed by atoms with E-state index in [-0.39, 0.29) is 0 Å². The van der Waals surface area contributed by atoms with Gasteiger partial charge in [-0.1, -0.05) is 64.5 Å². The maximum Gasteiger partial charge on any atom is 0.115 e. The van der Waals surface area contributed by atoms with Crippen LogP contribution in [0.3, 0.4) is 0 Å². The maximum atomic E-state index is 9.72. The molecule has 0 saturated carbocycles. The van der Waals surface area contributed by atoms with Gasteiger partial charge in [0.1, 0.15) is 11.1 Å². The quantitative estimate of drug-likeness (QED) is 0.366. The summed E-state index contributed by atoms with van der Waals surface area (Å²) in [6.45, 7) is 3.77. The summed E-state index contributed by atoms with van der Waals surface area (Å²) >= 11 is 4.99. The Morgan fingerprint density at radius 2 is 1.80 bits per heavy atom. The van der Waals surface area contributed by atoms with E-state index in [1.54, 1.807) is 0 Å². The molecule has 0 aliphatic heterocycles. The summed E-state index contributed by atoms with van der Waals surface area (Å²) in [5, 5.41) is 10.5. The average Bonchev–Trinajstić information content (AvgIpc) is 2.67. The minimum atomic E-state index is 0.610. The first-order valence-electron chi connectivity index (χ1n) is 7.73. The van der Waals surface area contributed by atoms with Crippen LogP contribution in [0, 0.1) is 11.3 Å². The number of benzene rings is 2. The van der Waals surface area contributed by atoms with Crippen LogP contribution in [0.15, 0.2) is 82.8 Å². The number of halogens is 1. The molecule has 25 heavy (non-hydrogen) atoms. The van der Waals surface area contributed by atoms with Crippen LogP contribution >= 0.6 is 27.7 Å². The lowest BCUT2D eigenvalue weighted by atomic mass is 9.99. The zero-order chi connectivity index (χ0) is 17.6. The summed E-state index contributed by atoms with van der Waals surface area (Å²) in [5.74, 6) is 0.708. The van der Waals surface area contributed by atoms with E-state index in [0.29, 0.717) is 11.3 Å². The van der Waals surface area contributed by atoms with Gasteiger partial charge in [0, 0.05) is 21.4 Å². The van der Waals surface area contributed by atoms with Crippen molar-refractivity contribution in [3.05, 3.63) is 83.4 Å². The number of nitrogens with zero attached hydrogens (tertiary/aromatic N) is 2. The summed E-state index contributed by atoms with van der Waals surface area (Å²) in [5.41, 5.74) is 4.41. The molecule has 0 fully saturated rings. The Hall–Kier alpha value is -2.35. The monoisotopic (exact) mass is 406 g/mol. The minimum Gasteiger partial charge on any atom is -0.240 e. The van der Waals surface area contributed by atoms with Crippen LogP contribution in [-0.2, 0) is 0 Å². The Kier molecular flexibility index (Phi) is 5.70. The van der Waals surface area contributed by atoms with Crippen molar-refractivity contribution in [1.29, 1.82) is 5.26 Å². The number of hydrogen-bond acceptors (Lipinski definition) is 3. The van der Waals surface area contributed by atoms with Gasteiger partial charge in [-0.15, -0.1) is 18.3 Å². The van der Waals surface area contributed by atoms with Gasteiger partial charge in [-0.2, -0.15) is 5.26 Å². The van der Waals surface area contributed by atoms with Crippen molar-refractivity contribution in [3.8, 4) is 28.5 Å². The maximum absolute atomic E-state index is 9.72. The molecule has 0 aliphatic carbocycles. The Labute approximate surface area is 160 Å². The molecule has 1 heterocycles. The van der Waals surface area contributed by atoms with Gasteiger partial charge in [0.2, 0.25) is 0 Å². The van der Waals surface area contributed by atoms with Gasteiger partial charge in [-0.25, -0.2) is 4.98 Å². The van der Waals surface area contributed by atoms with Crippen LogP contribution in [0.5, 0.6) is 0 Å². The number of rotatable bonds is 5. The highest BCUT2D eigenvalue weighted by atomic mass is 79.9. The van der Waals surface area contributed by atoms with E-state index in [1.807, 2.05) is 66.7 Å². The molecule has 2 aromatic carbocycles. The molecule has 3 rings (SSSR count). The Bertz CT molecular complexity index is 929. The summed E-state index contributed by atoms with van der Waals surface area (Å²) in [6.07, 6.45) is 1.82. The Balaban J connectivity index is 2.21. The molecule has 1 aromatic heterocycles. The number of pyridine rings is 1. The second kappa shape index (κ2) is 8.15. The fraction of sp³-hybridized carbons (Fsp3) is 0.0476. The Morgan fingerprint density at radius 1 is 1.08 bits per heavy atom. The first kappa shape index (κ1) is 17.5. The third kappa shape index (κ3) is 4.01. The van der Waals surface area contributed by atoms with Crippen molar-refractivity contribution < 1.29 is 0 Å². The molecule has 0 saturated heterocycles. The van der Waals surface area contributed by atoms with Crippen LogP contribution in [0.25, 0.3) is 22.4 Å². The smallest absolute Gasteiger partial charge is 0.115 e. The van der Waals surface area contributed by atoms with Crippen molar-refractivity contribution in [2.24, 2.45) is 0 Å². The lowest BCUT2D eigenvalue weighted by Crippen LogP contribution is -1.96. The molecule has 0 radical (unpaired) electrons. The number of nitriles is 1. The Morgan fingerprint density at radius 3 is 2.44 bits per heavy atom. The zero-order valence-corrected chi connectivity index (χ0v) is 15.8. The SMILES string of the molecule is C=CCSc1nc(-c2ccc(Br)cc2)cc(-c2ccccc2)c1C#N. The number of hydrogen-bond donors (Lipinski definition) is 0. The molecule has 4 heteroatoms. The van der Waals surface area contributed by atoms with Gasteiger partial charge in [0.15, 0.2) is 0 Å². The van der Waals surface area contributed by atoms with Crippen LogP contribution in [-0.4, -0.2) is 10.7 Å². The van der Waals surface area contributed by atoms with E-state index in [2.05, 4.69) is 28.6 Å². The molecule has 0 spiro atoms. The van der Waals surface area contributed by atoms with Crippen LogP contribution in [0.4, 0.5) is 0 Å². The van der Waals surface area contributed by atoms with Gasteiger partial charge in [0.05, 0.1) is 11.3 Å². The highest BCUT2D eigenvalue weighted by Crippen LogP contribution is 2.34. The summed E-state index contributed by atoms with van der Waals surface area (Å²) in [6, 6.07) is 22.3. The molecule has 0 aliphatic rings. The van der Waals surface area contributed by atoms with Crippen molar-refractivity contribution in [1.82, 2.24) is 4.98 Å². The molecule has 2 nitrogen and oxygen atoms in total. The number of aromatic nitrogens is 1. The molecule has 0 bridgehead atoms. The van der Waals surface area contributed by atoms with Gasteiger partial charge in [-0.3, -0.25) is 0 Å². The fourth-order valence-electron chi connectivity index (χ4n) is 2.49. The first-order valence-corrected chi connectivity index (χ1v) is 9.51. The normalized spacial score (nSPS) is 10.2. The predicted molar refractivity (Wildman–Crippen MR) is 108 cm³/mol. The van der Waals surface area contributed by atoms with E-state index in [1.165, 1.54) is 11.8 Å². The second-order valence-electron chi connectivity index (χ2n) is 5.32. The summed E-state index contributed by atoms with van der Waals surface area (Å²) in [4.78, 5) is 4.74. The van der Waals surface area contributed by atoms with Crippen molar-refractivity contribution >= 4 is 27.7 Å². The number of thioether (sulfide) groups is 1. The second-order valence-corrected chi connectivity index (χ2v) is 7.24. The lowest BCUT2D eigenvalue weighted by Gasteiger charge is -2.12. The fourth-order valence-corrected chi connectivity index (χ4v) is 3.49. The van der Waals surface area contributed by atoms with Gasteiger partial charge < -0.3 is 0 Å². The molecule has 3 aromatic rings. The van der Waals surface area contributed by atoms with Crippen molar-refractivity contribution in [3.63, 3.8) is 0 Å². The highest BCUT2D eigenvalue weighted by molar-refractivity contribution is 9.10. The van der Waals surface area contributed by atoms with Gasteiger partial charge in [0.25, 0.3) is 0 Å². The van der Waals surface area contributed by atoms with Gasteiger partial charge >= 0.3 is 0 Å². The van der Waals surface area contributed by atoms with E-state index >= 15 is 0 Å². The van der Waals surface area contributed by atoms with Gasteiger partial charge in [-0.05, 0) is 23.8 Å². The third-order valence-electron chi connectivity index (χ3n) is 3.66. The molecular formula is C21H15BrN2S. The minimum absolute atomic E-state index is 0.610. The standard InChI is InChI=1S/C21H15BrN2S/c1-2-12-25-21-19(14-23)18(15-6-4-3-5-7-15)13-20(24-21)16-8-10-17(22)11-9-16/h2-11,13H,1,12H2. The predicted octanol–water partition coefficient (Wildman–Crippen LogP) is 6.33. The molecule has 0 N–H and O–H groups in total. The molecular weight excluding hydrogens is 392 g/mol. The topological polar surface area (TPSA) is 36.7 Å². The van der Waals surface area contributed by atoms with Crippen LogP contribution in [0.1, 0.15) is 5.56 Å². The summed E-state index contributed by atoms with van der Waals surface area (Å²) < 4.78 is 1.02. The van der Waals surface area contributed by atoms with E-state index in [0.717, 1.165) is 31.9 Å². The third-order valence-corrected chi connectivity index (χ3v) is 5.16. The molecule has 122 valence electrons. The highest BCUT2D eigenvalue weighted by Gasteiger charge is 2.15. The van der Waals surface area contributed by atoms with E-state index < -0.39 is 0 Å². The van der Waals surface area contributed by atoms with E-state index in [9.17, 15) is 5.26 Å². The van der Waals surface area contributed by atoms with Crippen LogP contribution in [0.2, 0.25) is 0 Å². The largest absolute Gasteiger partial charge is 0.240 e. The van der Waals surface area contributed by atoms with Crippen LogP contribution < -0.4 is 0 Å². The zero-order valence-electron chi connectivity index (χ0n) is 13.4. The molecule has 0 amide bonds. The average molecular weight is 407 g/mol. The molecule has 0 atom stereocenters. The van der Waals surface area contributed by atoms with E-state index in [4.69, 9.17) is 4.98 Å². The first-order chi connectivity index (χ1) is 12.2. The molecule has 0 unspecified atom stereocenters.